The van der Waals surface area contributed by atoms with Gasteiger partial charge in [-0.3, -0.25) is 0 Å². The molecule has 0 atom stereocenters. The van der Waals surface area contributed by atoms with Gasteiger partial charge in [-0.15, -0.1) is 0 Å². The highest BCUT2D eigenvalue weighted by atomic mass is 127. The van der Waals surface area contributed by atoms with E-state index in [-0.39, 0.29) is 18.4 Å². The summed E-state index contributed by atoms with van der Waals surface area (Å²) in [6.45, 7) is 0.156. The molecular weight excluding hydrogens is 445 g/mol. The van der Waals surface area contributed by atoms with Crippen molar-refractivity contribution in [3.8, 4) is 11.5 Å². The molecule has 0 saturated carbocycles. The summed E-state index contributed by atoms with van der Waals surface area (Å²) in [6, 6.07) is 10.9. The van der Waals surface area contributed by atoms with Crippen LogP contribution in [-0.2, 0) is 9.53 Å². The summed E-state index contributed by atoms with van der Waals surface area (Å²) < 4.78 is 16.9. The number of fused-ring (bicyclic) bond motifs is 1. The molecule has 2 aliphatic heterocycles. The zero-order valence-electron chi connectivity index (χ0n) is 12.1. The van der Waals surface area contributed by atoms with E-state index in [0.29, 0.717) is 22.1 Å². The van der Waals surface area contributed by atoms with E-state index in [1.807, 2.05) is 24.3 Å². The first-order chi connectivity index (χ1) is 11.6. The molecule has 2 aromatic carbocycles. The van der Waals surface area contributed by atoms with E-state index in [1.165, 1.54) is 0 Å². The Morgan fingerprint density at radius 3 is 2.58 bits per heavy atom. The van der Waals surface area contributed by atoms with Gasteiger partial charge in [0.2, 0.25) is 12.7 Å². The summed E-state index contributed by atoms with van der Waals surface area (Å²) in [7, 11) is 0. The number of aliphatic imine (C=N–C) groups is 1. The predicted molar refractivity (Wildman–Crippen MR) is 97.3 cm³/mol. The Morgan fingerprint density at radius 1 is 1.12 bits per heavy atom. The number of carbonyl (C=O) groups excluding carboxylic acids is 1. The quantitative estimate of drug-likeness (QED) is 0.392. The van der Waals surface area contributed by atoms with Crippen LogP contribution in [-0.4, -0.2) is 18.7 Å². The fourth-order valence-corrected chi connectivity index (χ4v) is 2.88. The third-order valence-corrected chi connectivity index (χ3v) is 4.54. The highest BCUT2D eigenvalue weighted by molar-refractivity contribution is 14.1. The van der Waals surface area contributed by atoms with Gasteiger partial charge in [0.15, 0.2) is 17.2 Å². The van der Waals surface area contributed by atoms with Gasteiger partial charge in [-0.2, -0.15) is 0 Å². The summed E-state index contributed by atoms with van der Waals surface area (Å²) >= 11 is 8.43. The minimum Gasteiger partial charge on any atom is -0.454 e. The van der Waals surface area contributed by atoms with Crippen LogP contribution in [0.25, 0.3) is 6.08 Å². The number of esters is 1. The standard InChI is InChI=1S/C17H9ClINO4/c18-12-7-15-14(22-8-23-15)6-10(12)5-13-17(21)24-16(20-13)9-1-3-11(19)4-2-9/h1-7H,8H2/b13-5-. The second-order valence-corrected chi connectivity index (χ2v) is 6.72. The number of hydrogen-bond acceptors (Lipinski definition) is 5. The van der Waals surface area contributed by atoms with Crippen molar-refractivity contribution in [2.24, 2.45) is 4.99 Å². The number of hydrogen-bond donors (Lipinski definition) is 0. The van der Waals surface area contributed by atoms with Gasteiger partial charge >= 0.3 is 5.97 Å². The molecule has 24 heavy (non-hydrogen) atoms. The van der Waals surface area contributed by atoms with Crippen molar-refractivity contribution in [3.05, 3.63) is 61.8 Å². The van der Waals surface area contributed by atoms with E-state index in [1.54, 1.807) is 18.2 Å². The second-order valence-electron chi connectivity index (χ2n) is 5.07. The molecule has 2 aliphatic rings. The minimum absolute atomic E-state index is 0.156. The summed E-state index contributed by atoms with van der Waals surface area (Å²) in [5.74, 6) is 0.926. The fraction of sp³-hybridized carbons (Fsp3) is 0.0588. The summed E-state index contributed by atoms with van der Waals surface area (Å²) in [5, 5.41) is 0.442. The minimum atomic E-state index is -0.516. The molecule has 4 rings (SSSR count). The van der Waals surface area contributed by atoms with Crippen LogP contribution in [0.3, 0.4) is 0 Å². The van der Waals surface area contributed by atoms with Gasteiger partial charge in [0.05, 0.1) is 5.02 Å². The molecule has 0 fully saturated rings. The van der Waals surface area contributed by atoms with Crippen molar-refractivity contribution < 1.29 is 19.0 Å². The lowest BCUT2D eigenvalue weighted by Crippen LogP contribution is -2.05. The molecule has 5 nitrogen and oxygen atoms in total. The molecule has 0 saturated heterocycles. The maximum atomic E-state index is 12.1. The van der Waals surface area contributed by atoms with E-state index < -0.39 is 5.97 Å². The highest BCUT2D eigenvalue weighted by Crippen LogP contribution is 2.38. The molecule has 0 aromatic heterocycles. The van der Waals surface area contributed by atoms with Crippen LogP contribution in [0, 0.1) is 3.57 Å². The number of cyclic esters (lactones) is 1. The van der Waals surface area contributed by atoms with Crippen LogP contribution < -0.4 is 9.47 Å². The van der Waals surface area contributed by atoms with Crippen LogP contribution in [0.2, 0.25) is 5.02 Å². The fourth-order valence-electron chi connectivity index (χ4n) is 2.32. The average molecular weight is 454 g/mol. The summed E-state index contributed by atoms with van der Waals surface area (Å²) in [5.41, 5.74) is 1.54. The SMILES string of the molecule is O=C1OC(c2ccc(I)cc2)=N/C1=C\c1cc2c(cc1Cl)OCO2. The average Bonchev–Trinajstić information content (AvgIpc) is 3.15. The Labute approximate surface area is 156 Å². The number of carbonyl (C=O) groups is 1. The number of ether oxygens (including phenoxy) is 3. The van der Waals surface area contributed by atoms with Gasteiger partial charge in [0.25, 0.3) is 0 Å². The smallest absolute Gasteiger partial charge is 0.363 e. The first-order valence-electron chi connectivity index (χ1n) is 6.98. The Morgan fingerprint density at radius 2 is 1.83 bits per heavy atom. The van der Waals surface area contributed by atoms with Crippen LogP contribution in [0.5, 0.6) is 11.5 Å². The Balaban J connectivity index is 1.70. The largest absolute Gasteiger partial charge is 0.454 e. The maximum Gasteiger partial charge on any atom is 0.363 e. The molecule has 0 aliphatic carbocycles. The molecular formula is C17H9ClINO4. The van der Waals surface area contributed by atoms with Crippen molar-refractivity contribution in [3.63, 3.8) is 0 Å². The van der Waals surface area contributed by atoms with Gasteiger partial charge in [0.1, 0.15) is 0 Å². The molecule has 0 unspecified atom stereocenters. The zero-order chi connectivity index (χ0) is 16.7. The highest BCUT2D eigenvalue weighted by Gasteiger charge is 2.25. The van der Waals surface area contributed by atoms with Crippen molar-refractivity contribution >= 4 is 52.1 Å². The normalized spacial score (nSPS) is 17.2. The summed E-state index contributed by atoms with van der Waals surface area (Å²) in [4.78, 5) is 16.3. The topological polar surface area (TPSA) is 57.1 Å². The molecule has 2 heterocycles. The van der Waals surface area contributed by atoms with Crippen LogP contribution in [0.4, 0.5) is 0 Å². The second kappa shape index (κ2) is 6.10. The molecule has 0 amide bonds. The van der Waals surface area contributed by atoms with Crippen LogP contribution in [0.15, 0.2) is 47.1 Å². The monoisotopic (exact) mass is 453 g/mol. The van der Waals surface area contributed by atoms with E-state index in [9.17, 15) is 4.79 Å². The van der Waals surface area contributed by atoms with E-state index in [0.717, 1.165) is 9.13 Å². The van der Waals surface area contributed by atoms with Crippen molar-refractivity contribution in [1.29, 1.82) is 0 Å². The van der Waals surface area contributed by atoms with Gasteiger partial charge < -0.3 is 14.2 Å². The van der Waals surface area contributed by atoms with Gasteiger partial charge in [-0.05, 0) is 64.6 Å². The van der Waals surface area contributed by atoms with E-state index >= 15 is 0 Å². The summed E-state index contributed by atoms with van der Waals surface area (Å²) in [6.07, 6.45) is 1.58. The van der Waals surface area contributed by atoms with Gasteiger partial charge in [-0.1, -0.05) is 11.6 Å². The third-order valence-electron chi connectivity index (χ3n) is 3.50. The van der Waals surface area contributed by atoms with Crippen molar-refractivity contribution in [1.82, 2.24) is 0 Å². The Hall–Kier alpha value is -2.06. The molecule has 2 aromatic rings. The molecule has 120 valence electrons. The lowest BCUT2D eigenvalue weighted by Gasteiger charge is -2.01. The van der Waals surface area contributed by atoms with Crippen molar-refractivity contribution in [2.45, 2.75) is 0 Å². The zero-order valence-corrected chi connectivity index (χ0v) is 15.0. The van der Waals surface area contributed by atoms with Crippen LogP contribution in [0.1, 0.15) is 11.1 Å². The van der Waals surface area contributed by atoms with Crippen molar-refractivity contribution in [2.75, 3.05) is 6.79 Å². The Kier molecular flexibility index (Phi) is 3.93. The lowest BCUT2D eigenvalue weighted by molar-refractivity contribution is -0.129. The number of halogens is 2. The number of nitrogens with zero attached hydrogens (tertiary/aromatic N) is 1. The van der Waals surface area contributed by atoms with E-state index in [2.05, 4.69) is 27.6 Å². The predicted octanol–water partition coefficient (Wildman–Crippen LogP) is 4.02. The molecule has 0 N–H and O–H groups in total. The maximum absolute atomic E-state index is 12.1. The first kappa shape index (κ1) is 15.5. The van der Waals surface area contributed by atoms with Gasteiger partial charge in [-0.25, -0.2) is 9.79 Å². The molecule has 7 heteroatoms. The molecule has 0 spiro atoms. The molecule has 0 bridgehead atoms. The third kappa shape index (κ3) is 2.87. The number of rotatable bonds is 2. The molecule has 0 radical (unpaired) electrons. The first-order valence-corrected chi connectivity index (χ1v) is 8.43. The number of benzene rings is 2. The van der Waals surface area contributed by atoms with Crippen LogP contribution >= 0.6 is 34.2 Å². The van der Waals surface area contributed by atoms with Gasteiger partial charge in [0, 0.05) is 15.2 Å². The lowest BCUT2D eigenvalue weighted by atomic mass is 10.1. The Bertz CT molecular complexity index is 906. The van der Waals surface area contributed by atoms with E-state index in [4.69, 9.17) is 25.8 Å².